The minimum absolute atomic E-state index is 0.199. The minimum atomic E-state index is -1.29. The molecule has 0 saturated heterocycles. The Hall–Kier alpha value is -4.56. The summed E-state index contributed by atoms with van der Waals surface area (Å²) in [6.07, 6.45) is 0. The van der Waals surface area contributed by atoms with Crippen LogP contribution >= 0.6 is 11.8 Å². The van der Waals surface area contributed by atoms with Crippen LogP contribution in [-0.4, -0.2) is 28.0 Å². The van der Waals surface area contributed by atoms with Crippen molar-refractivity contribution in [3.63, 3.8) is 0 Å². The number of aromatic carboxylic acids is 1. The van der Waals surface area contributed by atoms with Gasteiger partial charge in [-0.3, -0.25) is 9.59 Å². The highest BCUT2D eigenvalue weighted by Gasteiger charge is 2.23. The zero-order chi connectivity index (χ0) is 26.4. The van der Waals surface area contributed by atoms with E-state index in [1.54, 1.807) is 18.2 Å². The van der Waals surface area contributed by atoms with Crippen LogP contribution in [-0.2, 0) is 4.79 Å². The van der Waals surface area contributed by atoms with Crippen molar-refractivity contribution in [2.45, 2.75) is 17.1 Å². The molecule has 7 nitrogen and oxygen atoms in total. The predicted molar refractivity (Wildman–Crippen MR) is 144 cm³/mol. The average Bonchev–Trinajstić information content (AvgIpc) is 2.89. The number of carbonyl (C=O) groups excluding carboxylic acids is 2. The molecule has 37 heavy (non-hydrogen) atoms. The molecule has 1 unspecified atom stereocenters. The Labute approximate surface area is 218 Å². The third kappa shape index (κ3) is 6.36. The first-order valence-electron chi connectivity index (χ1n) is 11.4. The van der Waals surface area contributed by atoms with Crippen LogP contribution in [0.5, 0.6) is 5.75 Å². The van der Waals surface area contributed by atoms with Gasteiger partial charge in [0.05, 0.1) is 0 Å². The molecule has 0 radical (unpaired) electrons. The monoisotopic (exact) mass is 512 g/mol. The number of aryl methyl sites for hydroxylation is 1. The molecule has 4 aromatic rings. The van der Waals surface area contributed by atoms with Gasteiger partial charge in [0.25, 0.3) is 5.91 Å². The Morgan fingerprint density at radius 3 is 2.08 bits per heavy atom. The van der Waals surface area contributed by atoms with Gasteiger partial charge in [0.15, 0.2) is 0 Å². The summed E-state index contributed by atoms with van der Waals surface area (Å²) in [5.74, 6) is -2.23. The van der Waals surface area contributed by atoms with E-state index in [9.17, 15) is 24.6 Å². The normalized spacial score (nSPS) is 11.4. The topological polar surface area (TPSA) is 116 Å². The van der Waals surface area contributed by atoms with Gasteiger partial charge < -0.3 is 20.8 Å². The number of hydrogen-bond donors (Lipinski definition) is 4. The maximum absolute atomic E-state index is 13.3. The minimum Gasteiger partial charge on any atom is -0.507 e. The molecule has 0 aliphatic heterocycles. The van der Waals surface area contributed by atoms with Crippen LogP contribution in [0.4, 0.5) is 11.4 Å². The number of carboxylic acids is 1. The molecule has 0 bridgehead atoms. The molecule has 186 valence electrons. The fourth-order valence-electron chi connectivity index (χ4n) is 3.67. The molecule has 4 rings (SSSR count). The Balaban J connectivity index is 1.51. The summed E-state index contributed by atoms with van der Waals surface area (Å²) in [6, 6.07) is 27.6. The Kier molecular flexibility index (Phi) is 7.90. The predicted octanol–water partition coefficient (Wildman–Crippen LogP) is 6.12. The summed E-state index contributed by atoms with van der Waals surface area (Å²) in [5.41, 5.74) is 2.83. The molecule has 0 fully saturated rings. The van der Waals surface area contributed by atoms with Crippen molar-refractivity contribution in [1.82, 2.24) is 0 Å². The third-order valence-corrected chi connectivity index (χ3v) is 6.86. The van der Waals surface area contributed by atoms with Crippen molar-refractivity contribution in [2.24, 2.45) is 0 Å². The van der Waals surface area contributed by atoms with Crippen molar-refractivity contribution in [2.75, 3.05) is 10.6 Å². The number of benzene rings is 4. The summed E-state index contributed by atoms with van der Waals surface area (Å²) in [5, 5.41) is 24.0. The van der Waals surface area contributed by atoms with Gasteiger partial charge in [0.2, 0.25) is 5.91 Å². The zero-order valence-electron chi connectivity index (χ0n) is 19.8. The number of aromatic hydroxyl groups is 1. The van der Waals surface area contributed by atoms with Crippen molar-refractivity contribution in [3.05, 3.63) is 119 Å². The smallest absolute Gasteiger partial charge is 0.339 e. The molecule has 4 N–H and O–H groups in total. The SMILES string of the molecule is Cc1ccccc1C(=O)Nc1ccc(SC(C(=O)Nc2ccc(O)c(C(=O)O)c2)c2ccccc2)cc1. The Bertz CT molecular complexity index is 1440. The largest absolute Gasteiger partial charge is 0.507 e. The van der Waals surface area contributed by atoms with Crippen molar-refractivity contribution < 1.29 is 24.6 Å². The quantitative estimate of drug-likeness (QED) is 0.167. The number of carboxylic acid groups (broad SMARTS) is 1. The Morgan fingerprint density at radius 2 is 1.41 bits per heavy atom. The van der Waals surface area contributed by atoms with E-state index in [1.807, 2.05) is 67.6 Å². The fourth-order valence-corrected chi connectivity index (χ4v) is 4.70. The molecule has 4 aromatic carbocycles. The standard InChI is InChI=1S/C29H24N2O5S/c1-18-7-5-6-10-23(18)27(33)30-20-11-14-22(15-12-20)37-26(19-8-3-2-4-9-19)28(34)31-21-13-16-25(32)24(17-21)29(35)36/h2-17,26,32H,1H3,(H,30,33)(H,31,34)(H,35,36). The highest BCUT2D eigenvalue weighted by molar-refractivity contribution is 8.00. The van der Waals surface area contributed by atoms with E-state index in [1.165, 1.54) is 30.0 Å². The van der Waals surface area contributed by atoms with Gasteiger partial charge in [0, 0.05) is 21.8 Å². The number of phenols is 1. The van der Waals surface area contributed by atoms with Gasteiger partial charge in [-0.2, -0.15) is 0 Å². The lowest BCUT2D eigenvalue weighted by atomic mass is 10.1. The third-order valence-electron chi connectivity index (χ3n) is 5.59. The van der Waals surface area contributed by atoms with E-state index < -0.39 is 11.2 Å². The number of anilines is 2. The van der Waals surface area contributed by atoms with E-state index in [-0.39, 0.29) is 28.8 Å². The number of thioether (sulfide) groups is 1. The summed E-state index contributed by atoms with van der Waals surface area (Å²) < 4.78 is 0. The Morgan fingerprint density at radius 1 is 0.757 bits per heavy atom. The van der Waals surface area contributed by atoms with E-state index in [0.717, 1.165) is 16.0 Å². The molecule has 0 aromatic heterocycles. The second-order valence-corrected chi connectivity index (χ2v) is 9.41. The molecule has 1 atom stereocenters. The molecule has 0 aliphatic carbocycles. The van der Waals surface area contributed by atoms with Crippen LogP contribution in [0.25, 0.3) is 0 Å². The number of nitrogens with one attached hydrogen (secondary N) is 2. The molecule has 0 saturated carbocycles. The van der Waals surface area contributed by atoms with Crippen molar-refractivity contribution in [3.8, 4) is 5.75 Å². The highest BCUT2D eigenvalue weighted by Crippen LogP contribution is 2.37. The number of carbonyl (C=O) groups is 3. The van der Waals surface area contributed by atoms with Gasteiger partial charge in [0.1, 0.15) is 16.6 Å². The lowest BCUT2D eigenvalue weighted by molar-refractivity contribution is -0.115. The lowest BCUT2D eigenvalue weighted by Crippen LogP contribution is -2.19. The van der Waals surface area contributed by atoms with E-state index >= 15 is 0 Å². The molecular weight excluding hydrogens is 488 g/mol. The van der Waals surface area contributed by atoms with Gasteiger partial charge in [-0.25, -0.2) is 4.79 Å². The second-order valence-electron chi connectivity index (χ2n) is 8.23. The first kappa shape index (κ1) is 25.5. The van der Waals surface area contributed by atoms with Crippen LogP contribution in [0, 0.1) is 6.92 Å². The summed E-state index contributed by atoms with van der Waals surface area (Å²) in [6.45, 7) is 1.88. The molecule has 0 heterocycles. The van der Waals surface area contributed by atoms with E-state index in [2.05, 4.69) is 10.6 Å². The van der Waals surface area contributed by atoms with Crippen LogP contribution in [0.15, 0.2) is 102 Å². The van der Waals surface area contributed by atoms with Crippen LogP contribution in [0.3, 0.4) is 0 Å². The molecule has 2 amide bonds. The first-order chi connectivity index (χ1) is 17.8. The molecule has 8 heteroatoms. The number of amides is 2. The van der Waals surface area contributed by atoms with Crippen LogP contribution < -0.4 is 10.6 Å². The number of hydrogen-bond acceptors (Lipinski definition) is 5. The van der Waals surface area contributed by atoms with Gasteiger partial charge >= 0.3 is 5.97 Å². The average molecular weight is 513 g/mol. The molecule has 0 spiro atoms. The summed E-state index contributed by atoms with van der Waals surface area (Å²) >= 11 is 1.32. The van der Waals surface area contributed by atoms with Crippen molar-refractivity contribution >= 4 is 40.9 Å². The summed E-state index contributed by atoms with van der Waals surface area (Å²) in [7, 11) is 0. The zero-order valence-corrected chi connectivity index (χ0v) is 20.7. The van der Waals surface area contributed by atoms with Gasteiger partial charge in [-0.05, 0) is 66.6 Å². The van der Waals surface area contributed by atoms with Crippen molar-refractivity contribution in [1.29, 1.82) is 0 Å². The maximum atomic E-state index is 13.3. The summed E-state index contributed by atoms with van der Waals surface area (Å²) in [4.78, 5) is 38.0. The lowest BCUT2D eigenvalue weighted by Gasteiger charge is -2.18. The first-order valence-corrected chi connectivity index (χ1v) is 12.3. The van der Waals surface area contributed by atoms with Crippen LogP contribution in [0.2, 0.25) is 0 Å². The van der Waals surface area contributed by atoms with Gasteiger partial charge in [-0.1, -0.05) is 48.5 Å². The maximum Gasteiger partial charge on any atom is 0.339 e. The highest BCUT2D eigenvalue weighted by atomic mass is 32.2. The molecule has 0 aliphatic rings. The fraction of sp³-hybridized carbons (Fsp3) is 0.0690. The molecular formula is C29H24N2O5S. The van der Waals surface area contributed by atoms with Crippen LogP contribution in [0.1, 0.15) is 37.1 Å². The van der Waals surface area contributed by atoms with E-state index in [0.29, 0.717) is 11.3 Å². The number of rotatable bonds is 8. The second kappa shape index (κ2) is 11.5. The van der Waals surface area contributed by atoms with Gasteiger partial charge in [-0.15, -0.1) is 11.8 Å². The van der Waals surface area contributed by atoms with E-state index in [4.69, 9.17) is 0 Å².